The van der Waals surface area contributed by atoms with Crippen LogP contribution in [-0.4, -0.2) is 40.3 Å². The molecule has 0 N–H and O–H groups in total. The predicted molar refractivity (Wildman–Crippen MR) is 109 cm³/mol. The number of thiophene rings is 1. The molecule has 0 spiro atoms. The van der Waals surface area contributed by atoms with Crippen molar-refractivity contribution < 1.29 is 0 Å². The van der Waals surface area contributed by atoms with Crippen LogP contribution in [0.4, 0.5) is 0 Å². The highest BCUT2D eigenvalue weighted by Gasteiger charge is 2.32. The van der Waals surface area contributed by atoms with Crippen LogP contribution in [0.25, 0.3) is 10.2 Å². The highest BCUT2D eigenvalue weighted by Crippen LogP contribution is 2.45. The molecule has 1 atom stereocenters. The number of aryl methyl sites for hydroxylation is 1. The Morgan fingerprint density at radius 3 is 2.64 bits per heavy atom. The lowest BCUT2D eigenvalue weighted by molar-refractivity contribution is 0.218. The van der Waals surface area contributed by atoms with Crippen molar-refractivity contribution in [2.75, 3.05) is 20.1 Å². The van der Waals surface area contributed by atoms with E-state index in [1.807, 2.05) is 23.1 Å². The van der Waals surface area contributed by atoms with Gasteiger partial charge in [0.1, 0.15) is 16.2 Å². The van der Waals surface area contributed by atoms with Gasteiger partial charge in [-0.05, 0) is 69.1 Å². The first-order valence-electron chi connectivity index (χ1n) is 9.52. The van der Waals surface area contributed by atoms with Crippen molar-refractivity contribution in [3.8, 4) is 0 Å². The van der Waals surface area contributed by atoms with Crippen LogP contribution in [0.2, 0.25) is 0 Å². The summed E-state index contributed by atoms with van der Waals surface area (Å²) in [7, 11) is 2.23. The number of fused-ring (bicyclic) bond motifs is 3. The van der Waals surface area contributed by atoms with Crippen molar-refractivity contribution >= 4 is 33.3 Å². The molecule has 3 heterocycles. The molecule has 0 bridgehead atoms. The fraction of sp³-hybridized carbons (Fsp3) is 0.700. The highest BCUT2D eigenvalue weighted by atomic mass is 32.2. The molecule has 0 amide bonds. The zero-order valence-corrected chi connectivity index (χ0v) is 17.5. The molecule has 2 aliphatic rings. The maximum absolute atomic E-state index is 4.71. The fourth-order valence-corrected chi connectivity index (χ4v) is 6.71. The van der Waals surface area contributed by atoms with Gasteiger partial charge in [0.25, 0.3) is 0 Å². The van der Waals surface area contributed by atoms with Gasteiger partial charge in [-0.1, -0.05) is 20.8 Å². The number of hydrogen-bond donors (Lipinski definition) is 0. The second kappa shape index (κ2) is 6.82. The summed E-state index contributed by atoms with van der Waals surface area (Å²) in [5, 5.41) is 3.33. The molecule has 1 aliphatic heterocycles. The SMILES string of the molecule is CN1CCC(Sc2ncnc3sc4c(c23)CCC(C(C)(C)C)C4)CC1. The summed E-state index contributed by atoms with van der Waals surface area (Å²) >= 11 is 3.93. The van der Waals surface area contributed by atoms with Gasteiger partial charge < -0.3 is 4.90 Å². The summed E-state index contributed by atoms with van der Waals surface area (Å²) in [6.45, 7) is 9.58. The smallest absolute Gasteiger partial charge is 0.128 e. The zero-order valence-electron chi connectivity index (χ0n) is 15.8. The van der Waals surface area contributed by atoms with E-state index in [2.05, 4.69) is 37.7 Å². The van der Waals surface area contributed by atoms with E-state index >= 15 is 0 Å². The molecule has 0 radical (unpaired) electrons. The van der Waals surface area contributed by atoms with Crippen molar-refractivity contribution in [3.63, 3.8) is 0 Å². The number of rotatable bonds is 2. The lowest BCUT2D eigenvalue weighted by Gasteiger charge is -2.33. The van der Waals surface area contributed by atoms with Gasteiger partial charge in [-0.15, -0.1) is 23.1 Å². The molecule has 1 unspecified atom stereocenters. The average Bonchev–Trinajstić information content (AvgIpc) is 2.95. The predicted octanol–water partition coefficient (Wildman–Crippen LogP) is 5.03. The van der Waals surface area contributed by atoms with Gasteiger partial charge in [-0.25, -0.2) is 9.97 Å². The monoisotopic (exact) mass is 375 g/mol. The molecular formula is C20H29N3S2. The highest BCUT2D eigenvalue weighted by molar-refractivity contribution is 8.00. The van der Waals surface area contributed by atoms with E-state index < -0.39 is 0 Å². The molecule has 5 heteroatoms. The van der Waals surface area contributed by atoms with Crippen LogP contribution in [0.5, 0.6) is 0 Å². The van der Waals surface area contributed by atoms with Gasteiger partial charge >= 0.3 is 0 Å². The molecule has 2 aromatic heterocycles. The molecule has 1 fully saturated rings. The lowest BCUT2D eigenvalue weighted by Crippen LogP contribution is -2.31. The summed E-state index contributed by atoms with van der Waals surface area (Å²) in [4.78, 5) is 14.6. The zero-order chi connectivity index (χ0) is 17.6. The van der Waals surface area contributed by atoms with E-state index in [1.165, 1.54) is 60.4 Å². The third-order valence-electron chi connectivity index (χ3n) is 5.98. The van der Waals surface area contributed by atoms with Gasteiger partial charge in [-0.3, -0.25) is 0 Å². The summed E-state index contributed by atoms with van der Waals surface area (Å²) in [6.07, 6.45) is 8.04. The topological polar surface area (TPSA) is 29.0 Å². The third kappa shape index (κ3) is 3.60. The molecular weight excluding hydrogens is 346 g/mol. The van der Waals surface area contributed by atoms with E-state index in [0.717, 1.165) is 5.92 Å². The Morgan fingerprint density at radius 1 is 1.16 bits per heavy atom. The van der Waals surface area contributed by atoms with E-state index in [-0.39, 0.29) is 0 Å². The first kappa shape index (κ1) is 17.7. The largest absolute Gasteiger partial charge is 0.306 e. The van der Waals surface area contributed by atoms with E-state index in [1.54, 1.807) is 16.8 Å². The summed E-state index contributed by atoms with van der Waals surface area (Å²) < 4.78 is 0. The molecule has 1 aliphatic carbocycles. The van der Waals surface area contributed by atoms with E-state index in [9.17, 15) is 0 Å². The summed E-state index contributed by atoms with van der Waals surface area (Å²) in [6, 6.07) is 0. The van der Waals surface area contributed by atoms with Crippen LogP contribution in [0.3, 0.4) is 0 Å². The minimum absolute atomic E-state index is 0.394. The van der Waals surface area contributed by atoms with Crippen molar-refractivity contribution in [2.45, 2.75) is 63.2 Å². The number of likely N-dealkylation sites (tertiary alicyclic amines) is 1. The molecule has 4 rings (SSSR count). The Bertz CT molecular complexity index is 754. The number of aromatic nitrogens is 2. The molecule has 1 saturated heterocycles. The summed E-state index contributed by atoms with van der Waals surface area (Å²) in [5.74, 6) is 0.783. The van der Waals surface area contributed by atoms with Gasteiger partial charge in [0.05, 0.1) is 0 Å². The van der Waals surface area contributed by atoms with Crippen molar-refractivity contribution in [2.24, 2.45) is 11.3 Å². The molecule has 25 heavy (non-hydrogen) atoms. The van der Waals surface area contributed by atoms with Crippen LogP contribution in [0.1, 0.15) is 50.5 Å². The summed E-state index contributed by atoms with van der Waals surface area (Å²) in [5.41, 5.74) is 1.96. The fourth-order valence-electron chi connectivity index (χ4n) is 4.17. The first-order chi connectivity index (χ1) is 11.9. The third-order valence-corrected chi connectivity index (χ3v) is 8.48. The Hall–Kier alpha value is -0.650. The van der Waals surface area contributed by atoms with Crippen molar-refractivity contribution in [1.29, 1.82) is 0 Å². The van der Waals surface area contributed by atoms with Crippen molar-refractivity contribution in [1.82, 2.24) is 14.9 Å². The van der Waals surface area contributed by atoms with Gasteiger partial charge in [0.15, 0.2) is 0 Å². The van der Waals surface area contributed by atoms with Crippen LogP contribution in [0.15, 0.2) is 11.4 Å². The molecule has 2 aromatic rings. The molecule has 0 saturated carbocycles. The number of thioether (sulfide) groups is 1. The van der Waals surface area contributed by atoms with Gasteiger partial charge in [0, 0.05) is 15.5 Å². The number of piperidine rings is 1. The number of nitrogens with zero attached hydrogens (tertiary/aromatic N) is 3. The first-order valence-corrected chi connectivity index (χ1v) is 11.2. The lowest BCUT2D eigenvalue weighted by atomic mass is 9.72. The average molecular weight is 376 g/mol. The van der Waals surface area contributed by atoms with Crippen LogP contribution < -0.4 is 0 Å². The quantitative estimate of drug-likeness (QED) is 0.689. The van der Waals surface area contributed by atoms with E-state index in [0.29, 0.717) is 10.7 Å². The minimum Gasteiger partial charge on any atom is -0.306 e. The van der Waals surface area contributed by atoms with Crippen LogP contribution >= 0.6 is 23.1 Å². The molecule has 3 nitrogen and oxygen atoms in total. The Balaban J connectivity index is 1.63. The van der Waals surface area contributed by atoms with Gasteiger partial charge in [-0.2, -0.15) is 0 Å². The number of hydrogen-bond acceptors (Lipinski definition) is 5. The standard InChI is InChI=1S/C20H29N3S2/c1-20(2,3)13-5-6-15-16(11-13)25-19-17(15)18(21-12-22-19)24-14-7-9-23(4)10-8-14/h12-14H,5-11H2,1-4H3. The van der Waals surface area contributed by atoms with Gasteiger partial charge in [0.2, 0.25) is 0 Å². The van der Waals surface area contributed by atoms with Crippen LogP contribution in [-0.2, 0) is 12.8 Å². The minimum atomic E-state index is 0.394. The van der Waals surface area contributed by atoms with E-state index in [4.69, 9.17) is 4.98 Å². The Kier molecular flexibility index (Phi) is 4.84. The molecule has 0 aromatic carbocycles. The maximum atomic E-state index is 4.71. The van der Waals surface area contributed by atoms with Crippen molar-refractivity contribution in [3.05, 3.63) is 16.8 Å². The second-order valence-electron chi connectivity index (χ2n) is 8.79. The Morgan fingerprint density at radius 2 is 1.92 bits per heavy atom. The normalized spacial score (nSPS) is 23.1. The molecule has 136 valence electrons. The second-order valence-corrected chi connectivity index (χ2v) is 11.2. The van der Waals surface area contributed by atoms with Crippen LogP contribution in [0, 0.1) is 11.3 Å². The Labute approximate surface area is 159 Å². The maximum Gasteiger partial charge on any atom is 0.128 e.